The second-order valence-corrected chi connectivity index (χ2v) is 28.1. The second-order valence-electron chi connectivity index (χ2n) is 28.1. The predicted molar refractivity (Wildman–Crippen MR) is 363 cm³/mol. The summed E-state index contributed by atoms with van der Waals surface area (Å²) < 4.78 is 58.6. The molecule has 0 aromatic heterocycles. The molecule has 0 radical (unpaired) electrons. The molecule has 6 aliphatic heterocycles. The van der Waals surface area contributed by atoms with Crippen LogP contribution in [0.3, 0.4) is 0 Å². The average Bonchev–Trinajstić information content (AvgIpc) is 0.793. The summed E-state index contributed by atoms with van der Waals surface area (Å²) in [4.78, 5) is 28.1. The Labute approximate surface area is 612 Å². The van der Waals surface area contributed by atoms with Crippen LogP contribution in [-0.2, 0) is 52.2 Å². The Morgan fingerprint density at radius 1 is 0.500 bits per heavy atom. The molecular formula is C69H113N3O34. The van der Waals surface area contributed by atoms with Gasteiger partial charge >= 0.3 is 12.0 Å². The molecule has 1 unspecified atom stereocenters. The highest BCUT2D eigenvalue weighted by atomic mass is 16.7. The van der Waals surface area contributed by atoms with E-state index in [1.165, 1.54) is 19.1 Å². The van der Waals surface area contributed by atoms with E-state index < -0.39 is 291 Å². The number of carbonyl (C=O) groups is 2. The highest BCUT2D eigenvalue weighted by Gasteiger charge is 2.53. The molecule has 0 aromatic rings. The molecule has 106 heavy (non-hydrogen) atoms. The van der Waals surface area contributed by atoms with Gasteiger partial charge in [-0.2, -0.15) is 0 Å². The van der Waals surface area contributed by atoms with Gasteiger partial charge in [-0.1, -0.05) is 98.9 Å². The molecule has 2 bridgehead atoms. The van der Waals surface area contributed by atoms with Crippen molar-refractivity contribution in [3.05, 3.63) is 85.1 Å². The fraction of sp³-hybridized carbons (Fsp3) is 0.768. The number of amides is 2. The van der Waals surface area contributed by atoms with E-state index in [1.807, 2.05) is 0 Å². The Morgan fingerprint density at radius 2 is 0.962 bits per heavy atom. The first-order valence-corrected chi connectivity index (χ1v) is 35.4. The molecule has 37 nitrogen and oxygen atoms in total. The third kappa shape index (κ3) is 25.9. The van der Waals surface area contributed by atoms with E-state index in [2.05, 4.69) is 10.6 Å². The molecule has 6 aliphatic rings. The summed E-state index contributed by atoms with van der Waals surface area (Å²) in [6, 6.07) is -4.55. The van der Waals surface area contributed by atoms with E-state index in [9.17, 15) is 117 Å². The largest absolute Gasteiger partial charge is 0.462 e. The summed E-state index contributed by atoms with van der Waals surface area (Å²) in [5.41, 5.74) is 3.70. The Bertz CT molecular complexity index is 2740. The Kier molecular flexibility index (Phi) is 36.6. The molecule has 608 valence electrons. The van der Waals surface area contributed by atoms with Crippen molar-refractivity contribution in [1.82, 2.24) is 10.6 Å². The molecule has 0 aromatic carbocycles. The summed E-state index contributed by atoms with van der Waals surface area (Å²) in [7, 11) is 0. The highest BCUT2D eigenvalue weighted by molar-refractivity contribution is 5.75. The lowest BCUT2D eigenvalue weighted by Gasteiger charge is -2.47. The SMILES string of the molecule is C[C@@H]1[C@H](O)[C@@H](C)/C=C/C=C/C=C/C=C/C=C/C=C/C=C/[C@H](O[C@@H]2O[C@H](C)[C@@H](O)[C@H](N)[C@@H]2O)C[C@@H]2O[C@](O)(C[C@@H](O)C[C@@H](O)[C@H](O)CC[C@@H](O)C[C@@H](O)CC(=O)O[C@H]1C)C[C@H](O)[C@H]2NC(=O)NC(COC1O[C@H](CO)[C@@H](O)[C@H](O)[C@@H]1O)(CO[C@H]1O[C@H](CO)[C@@H](O)[C@H](O)[C@@H]1O)CO[C@H]1O[C@H](CO)[C@@H](O)[C@H](O)[C@@H]1O. The molecule has 5 saturated heterocycles. The van der Waals surface area contributed by atoms with E-state index in [-0.39, 0.29) is 25.2 Å². The minimum Gasteiger partial charge on any atom is -0.462 e. The van der Waals surface area contributed by atoms with Crippen LogP contribution < -0.4 is 16.4 Å². The van der Waals surface area contributed by atoms with Crippen molar-refractivity contribution in [3.63, 3.8) is 0 Å². The summed E-state index contributed by atoms with van der Waals surface area (Å²) in [6.45, 7) is 0.267. The van der Waals surface area contributed by atoms with Gasteiger partial charge in [0, 0.05) is 37.5 Å². The van der Waals surface area contributed by atoms with Crippen LogP contribution in [0.15, 0.2) is 85.1 Å². The number of carbonyl (C=O) groups excluding carboxylic acids is 2. The fourth-order valence-corrected chi connectivity index (χ4v) is 12.8. The van der Waals surface area contributed by atoms with Crippen LogP contribution >= 0.6 is 0 Å². The first-order chi connectivity index (χ1) is 50.1. The predicted octanol–water partition coefficient (Wildman–Crippen LogP) is -8.13. The normalized spacial score (nSPS) is 45.8. The van der Waals surface area contributed by atoms with Crippen LogP contribution in [-0.4, -0.2) is 365 Å². The summed E-state index contributed by atoms with van der Waals surface area (Å²) >= 11 is 0. The van der Waals surface area contributed by atoms with Gasteiger partial charge in [-0.25, -0.2) is 4.79 Å². The topological polar surface area (TPSA) is 622 Å². The van der Waals surface area contributed by atoms with E-state index >= 15 is 4.79 Å². The monoisotopic (exact) mass is 1530 g/mol. The molecule has 34 atom stereocenters. The van der Waals surface area contributed by atoms with Gasteiger partial charge in [0.25, 0.3) is 0 Å². The van der Waals surface area contributed by atoms with Gasteiger partial charge in [-0.05, 0) is 33.1 Å². The minimum absolute atomic E-state index is 0.238. The van der Waals surface area contributed by atoms with Crippen LogP contribution in [0, 0.1) is 11.8 Å². The summed E-state index contributed by atoms with van der Waals surface area (Å²) in [5.74, 6) is -4.34. The molecule has 6 rings (SSSR count). The number of esters is 1. The number of aliphatic hydroxyl groups excluding tert-OH is 21. The van der Waals surface area contributed by atoms with Crippen LogP contribution in [0.4, 0.5) is 4.79 Å². The number of hydrogen-bond donors (Lipinski definition) is 25. The lowest BCUT2D eigenvalue weighted by Crippen LogP contribution is -2.68. The fourth-order valence-electron chi connectivity index (χ4n) is 12.8. The maximum absolute atomic E-state index is 15.2. The number of hydrogen-bond acceptors (Lipinski definition) is 35. The average molecular weight is 1530 g/mol. The molecule has 0 saturated carbocycles. The number of aliphatic hydroxyl groups is 22. The van der Waals surface area contributed by atoms with Gasteiger partial charge in [-0.3, -0.25) is 4.79 Å². The first-order valence-electron chi connectivity index (χ1n) is 35.4. The summed E-state index contributed by atoms with van der Waals surface area (Å²) in [6.07, 6.45) is -31.1. The standard InChI is InChI=1S/C69H113N3O34/c1-33-17-15-13-11-9-7-5-6-8-10-12-14-16-18-40(102-66-56(88)49(70)52(84)36(4)101-66)24-44-50(43(81)26-69(96,106-44)25-39(78)22-42(80)41(79)20-19-37(76)21-38(77)23-48(82)100-35(3)34(2)51(33)83)71-67(95)72-68(30-97-63-60(92)57(89)53(85)45(27-73)103-63,31-98-64-61(93)58(90)54(86)46(28-74)104-64)32-99-65-62(94)59(91)55(87)47(29-75)105-65/h5-18,33-47,49-66,73-81,83-94,96H,19-32,70H2,1-4H3,(H2,71,72,95)/b6-5+,9-7+,10-8+,13-11+,14-12+,17-15+,18-16+/t33-,34-,35-,36+,37+,38+,39-,40-,41+,42+,43-,44-,45+,46+,47+,49-,50+,51+,52+,53+,54+,55+,56-,57-,58-,59-,60-,61-,62-,63-,64-,65?,66-,69+/m0/s1. The number of cyclic esters (lactones) is 1. The van der Waals surface area contributed by atoms with Crippen molar-refractivity contribution in [1.29, 1.82) is 0 Å². The molecule has 37 heteroatoms. The van der Waals surface area contributed by atoms with Crippen molar-refractivity contribution in [2.24, 2.45) is 17.6 Å². The lowest BCUT2D eigenvalue weighted by atomic mass is 9.87. The number of ether oxygens (including phenoxy) is 10. The molecule has 5 fully saturated rings. The van der Waals surface area contributed by atoms with Crippen molar-refractivity contribution in [3.8, 4) is 0 Å². The van der Waals surface area contributed by atoms with E-state index in [4.69, 9.17) is 53.1 Å². The van der Waals surface area contributed by atoms with Gasteiger partial charge in [0.15, 0.2) is 30.9 Å². The maximum Gasteiger partial charge on any atom is 0.315 e. The highest BCUT2D eigenvalue weighted by Crippen LogP contribution is 2.37. The Hall–Kier alpha value is -4.36. The van der Waals surface area contributed by atoms with Gasteiger partial charge < -0.3 is 176 Å². The zero-order chi connectivity index (χ0) is 78.5. The van der Waals surface area contributed by atoms with Crippen molar-refractivity contribution < 1.29 is 169 Å². The zero-order valence-corrected chi connectivity index (χ0v) is 59.3. The van der Waals surface area contributed by atoms with Crippen LogP contribution in [0.2, 0.25) is 0 Å². The van der Waals surface area contributed by atoms with E-state index in [0.29, 0.717) is 0 Å². The number of urea groups is 1. The Balaban J connectivity index is 1.39. The number of allylic oxidation sites excluding steroid dienone is 12. The quantitative estimate of drug-likeness (QED) is 0.0638. The maximum atomic E-state index is 15.2. The van der Waals surface area contributed by atoms with Gasteiger partial charge in [-0.15, -0.1) is 0 Å². The van der Waals surface area contributed by atoms with Gasteiger partial charge in [0.1, 0.15) is 91.0 Å². The van der Waals surface area contributed by atoms with Gasteiger partial charge in [0.2, 0.25) is 0 Å². The van der Waals surface area contributed by atoms with Crippen molar-refractivity contribution in [2.45, 2.75) is 280 Å². The zero-order valence-electron chi connectivity index (χ0n) is 59.3. The third-order valence-corrected chi connectivity index (χ3v) is 19.5. The molecule has 0 spiro atoms. The van der Waals surface area contributed by atoms with E-state index in [1.54, 1.807) is 93.7 Å². The first kappa shape index (κ1) is 90.5. The van der Waals surface area contributed by atoms with Gasteiger partial charge in [0.05, 0.1) is 125 Å². The molecule has 2 amide bonds. The molecular weight excluding hydrogens is 1410 g/mol. The number of nitrogens with one attached hydrogen (secondary N) is 2. The molecule has 6 heterocycles. The number of nitrogens with two attached hydrogens (primary N) is 1. The second kappa shape index (κ2) is 42.9. The van der Waals surface area contributed by atoms with Crippen LogP contribution in [0.25, 0.3) is 0 Å². The smallest absolute Gasteiger partial charge is 0.315 e. The molecule has 26 N–H and O–H groups in total. The lowest BCUT2D eigenvalue weighted by molar-refractivity contribution is -0.324. The third-order valence-electron chi connectivity index (χ3n) is 19.5. The number of fused-ring (bicyclic) bond motifs is 2. The van der Waals surface area contributed by atoms with Crippen molar-refractivity contribution >= 4 is 12.0 Å². The summed E-state index contributed by atoms with van der Waals surface area (Å²) in [5, 5.41) is 246. The number of rotatable bonds is 16. The van der Waals surface area contributed by atoms with Crippen molar-refractivity contribution in [2.75, 3.05) is 39.6 Å². The molecule has 0 aliphatic carbocycles. The van der Waals surface area contributed by atoms with E-state index in [0.717, 1.165) is 0 Å². The van der Waals surface area contributed by atoms with Crippen LogP contribution in [0.5, 0.6) is 0 Å². The minimum atomic E-state index is -2.64. The Morgan fingerprint density at radius 3 is 1.43 bits per heavy atom. The van der Waals surface area contributed by atoms with Crippen LogP contribution in [0.1, 0.15) is 79.1 Å².